The molecule has 0 spiro atoms. The zero-order chi connectivity index (χ0) is 14.7. The highest BCUT2D eigenvalue weighted by Gasteiger charge is 2.32. The number of carboxylic acids is 1. The molecule has 2 rings (SSSR count). The van der Waals surface area contributed by atoms with Crippen LogP contribution in [0.3, 0.4) is 0 Å². The molecule has 0 aliphatic heterocycles. The molecule has 2 atom stereocenters. The Morgan fingerprint density at radius 3 is 2.95 bits per heavy atom. The maximum absolute atomic E-state index is 12.2. The monoisotopic (exact) mass is 279 g/mol. The van der Waals surface area contributed by atoms with Crippen molar-refractivity contribution in [2.24, 2.45) is 11.8 Å². The standard InChI is InChI=1S/C14H21N3O3/c1-9(2)17-7-6-15-12(13(17)18)16-8-10-4-3-5-11(10)14(19)20/h6-7,9-11H,3-5,8H2,1-2H3,(H,15,16)(H,19,20). The Balaban J connectivity index is 2.06. The van der Waals surface area contributed by atoms with Gasteiger partial charge in [-0.05, 0) is 32.6 Å². The van der Waals surface area contributed by atoms with Crippen LogP contribution in [0, 0.1) is 11.8 Å². The maximum Gasteiger partial charge on any atom is 0.306 e. The second kappa shape index (κ2) is 6.07. The van der Waals surface area contributed by atoms with Crippen LogP contribution in [0.4, 0.5) is 5.82 Å². The first-order chi connectivity index (χ1) is 9.50. The number of carbonyl (C=O) groups is 1. The molecule has 20 heavy (non-hydrogen) atoms. The molecule has 0 amide bonds. The van der Waals surface area contributed by atoms with Gasteiger partial charge in [-0.15, -0.1) is 0 Å². The molecule has 1 fully saturated rings. The summed E-state index contributed by atoms with van der Waals surface area (Å²) in [6, 6.07) is 0.0734. The van der Waals surface area contributed by atoms with E-state index in [1.807, 2.05) is 13.8 Å². The first-order valence-corrected chi connectivity index (χ1v) is 7.04. The highest BCUT2D eigenvalue weighted by Crippen LogP contribution is 2.31. The predicted octanol–water partition coefficient (Wildman–Crippen LogP) is 1.74. The van der Waals surface area contributed by atoms with Crippen LogP contribution in [0.2, 0.25) is 0 Å². The fourth-order valence-corrected chi connectivity index (χ4v) is 2.79. The van der Waals surface area contributed by atoms with E-state index in [1.165, 1.54) is 0 Å². The molecule has 1 saturated carbocycles. The summed E-state index contributed by atoms with van der Waals surface area (Å²) in [4.78, 5) is 27.3. The third-order valence-corrected chi connectivity index (χ3v) is 3.93. The zero-order valence-electron chi connectivity index (χ0n) is 11.9. The van der Waals surface area contributed by atoms with Crippen LogP contribution in [0.25, 0.3) is 0 Å². The van der Waals surface area contributed by atoms with E-state index < -0.39 is 5.97 Å². The van der Waals surface area contributed by atoms with E-state index in [0.717, 1.165) is 19.3 Å². The van der Waals surface area contributed by atoms with Crippen LogP contribution >= 0.6 is 0 Å². The van der Waals surface area contributed by atoms with Crippen molar-refractivity contribution in [3.05, 3.63) is 22.7 Å². The van der Waals surface area contributed by atoms with Crippen molar-refractivity contribution >= 4 is 11.8 Å². The molecule has 0 bridgehead atoms. The topological polar surface area (TPSA) is 84.2 Å². The van der Waals surface area contributed by atoms with E-state index in [9.17, 15) is 9.59 Å². The highest BCUT2D eigenvalue weighted by molar-refractivity contribution is 5.70. The lowest BCUT2D eigenvalue weighted by atomic mass is 9.96. The van der Waals surface area contributed by atoms with Crippen LogP contribution in [-0.2, 0) is 4.79 Å². The van der Waals surface area contributed by atoms with Crippen molar-refractivity contribution in [1.82, 2.24) is 9.55 Å². The fourth-order valence-electron chi connectivity index (χ4n) is 2.79. The molecule has 1 aromatic rings. The summed E-state index contributed by atoms with van der Waals surface area (Å²) in [7, 11) is 0. The van der Waals surface area contributed by atoms with Gasteiger partial charge in [0.05, 0.1) is 5.92 Å². The van der Waals surface area contributed by atoms with Crippen LogP contribution in [0.5, 0.6) is 0 Å². The average molecular weight is 279 g/mol. The first kappa shape index (κ1) is 14.6. The normalized spacial score (nSPS) is 22.1. The summed E-state index contributed by atoms with van der Waals surface area (Å²) in [5.41, 5.74) is -0.160. The molecule has 6 heteroatoms. The fraction of sp³-hybridized carbons (Fsp3) is 0.643. The van der Waals surface area contributed by atoms with Crippen LogP contribution < -0.4 is 10.9 Å². The molecular weight excluding hydrogens is 258 g/mol. The highest BCUT2D eigenvalue weighted by atomic mass is 16.4. The zero-order valence-corrected chi connectivity index (χ0v) is 11.9. The first-order valence-electron chi connectivity index (χ1n) is 7.04. The van der Waals surface area contributed by atoms with Gasteiger partial charge in [0.1, 0.15) is 0 Å². The number of hydrogen-bond acceptors (Lipinski definition) is 4. The van der Waals surface area contributed by atoms with E-state index in [-0.39, 0.29) is 23.4 Å². The van der Waals surface area contributed by atoms with E-state index in [2.05, 4.69) is 10.3 Å². The largest absolute Gasteiger partial charge is 0.481 e. The lowest BCUT2D eigenvalue weighted by molar-refractivity contribution is -0.142. The Morgan fingerprint density at radius 2 is 2.30 bits per heavy atom. The minimum Gasteiger partial charge on any atom is -0.481 e. The van der Waals surface area contributed by atoms with Gasteiger partial charge >= 0.3 is 5.97 Å². The molecule has 1 heterocycles. The molecular formula is C14H21N3O3. The number of nitrogens with one attached hydrogen (secondary N) is 1. The summed E-state index contributed by atoms with van der Waals surface area (Å²) in [5.74, 6) is -0.674. The SMILES string of the molecule is CC(C)n1ccnc(NCC2CCCC2C(=O)O)c1=O. The van der Waals surface area contributed by atoms with Gasteiger partial charge in [-0.1, -0.05) is 6.42 Å². The van der Waals surface area contributed by atoms with Gasteiger partial charge in [0.25, 0.3) is 5.56 Å². The van der Waals surface area contributed by atoms with Crippen molar-refractivity contribution < 1.29 is 9.90 Å². The second-order valence-corrected chi connectivity index (χ2v) is 5.60. The van der Waals surface area contributed by atoms with Gasteiger partial charge in [-0.3, -0.25) is 9.59 Å². The molecule has 1 aliphatic rings. The number of carboxylic acid groups (broad SMARTS) is 1. The molecule has 1 aromatic heterocycles. The average Bonchev–Trinajstić information content (AvgIpc) is 2.85. The van der Waals surface area contributed by atoms with Crippen molar-refractivity contribution in [3.63, 3.8) is 0 Å². The van der Waals surface area contributed by atoms with Gasteiger partial charge in [-0.25, -0.2) is 4.98 Å². The quantitative estimate of drug-likeness (QED) is 0.857. The lowest BCUT2D eigenvalue weighted by Crippen LogP contribution is -2.29. The number of nitrogens with zero attached hydrogens (tertiary/aromatic N) is 2. The smallest absolute Gasteiger partial charge is 0.306 e. The molecule has 0 saturated heterocycles. The summed E-state index contributed by atoms with van der Waals surface area (Å²) < 4.78 is 1.61. The number of rotatable bonds is 5. The Kier molecular flexibility index (Phi) is 4.42. The number of hydrogen-bond donors (Lipinski definition) is 2. The summed E-state index contributed by atoms with van der Waals surface area (Å²) in [6.45, 7) is 4.35. The summed E-state index contributed by atoms with van der Waals surface area (Å²) >= 11 is 0. The minimum absolute atomic E-state index is 0.0707. The van der Waals surface area contributed by atoms with Crippen LogP contribution in [-0.4, -0.2) is 27.2 Å². The molecule has 110 valence electrons. The van der Waals surface area contributed by atoms with Gasteiger partial charge in [0.2, 0.25) is 0 Å². The molecule has 0 radical (unpaired) electrons. The van der Waals surface area contributed by atoms with Gasteiger partial charge in [0.15, 0.2) is 5.82 Å². The lowest BCUT2D eigenvalue weighted by Gasteiger charge is -2.17. The van der Waals surface area contributed by atoms with Crippen molar-refractivity contribution in [2.45, 2.75) is 39.2 Å². The van der Waals surface area contributed by atoms with Crippen molar-refractivity contribution in [3.8, 4) is 0 Å². The Labute approximate surface area is 117 Å². The molecule has 2 N–H and O–H groups in total. The summed E-state index contributed by atoms with van der Waals surface area (Å²) in [6.07, 6.45) is 5.79. The van der Waals surface area contributed by atoms with E-state index in [1.54, 1.807) is 17.0 Å². The molecule has 2 unspecified atom stereocenters. The predicted molar refractivity (Wildman–Crippen MR) is 75.8 cm³/mol. The second-order valence-electron chi connectivity index (χ2n) is 5.60. The van der Waals surface area contributed by atoms with E-state index in [0.29, 0.717) is 12.4 Å². The minimum atomic E-state index is -0.741. The number of aliphatic carboxylic acids is 1. The van der Waals surface area contributed by atoms with Crippen molar-refractivity contribution in [2.75, 3.05) is 11.9 Å². The van der Waals surface area contributed by atoms with Gasteiger partial charge < -0.3 is 15.0 Å². The van der Waals surface area contributed by atoms with Gasteiger partial charge in [-0.2, -0.15) is 0 Å². The Hall–Kier alpha value is -1.85. The third-order valence-electron chi connectivity index (χ3n) is 3.93. The molecule has 0 aromatic carbocycles. The Morgan fingerprint density at radius 1 is 1.55 bits per heavy atom. The van der Waals surface area contributed by atoms with Crippen molar-refractivity contribution in [1.29, 1.82) is 0 Å². The van der Waals surface area contributed by atoms with Gasteiger partial charge in [0, 0.05) is 25.0 Å². The maximum atomic E-state index is 12.2. The Bertz CT molecular complexity index is 539. The number of aromatic nitrogens is 2. The summed E-state index contributed by atoms with van der Waals surface area (Å²) in [5, 5.41) is 12.2. The van der Waals surface area contributed by atoms with Crippen LogP contribution in [0.1, 0.15) is 39.2 Å². The van der Waals surface area contributed by atoms with E-state index in [4.69, 9.17) is 5.11 Å². The molecule has 6 nitrogen and oxygen atoms in total. The number of anilines is 1. The van der Waals surface area contributed by atoms with Crippen LogP contribution in [0.15, 0.2) is 17.2 Å². The third kappa shape index (κ3) is 3.00. The molecule has 1 aliphatic carbocycles. The van der Waals surface area contributed by atoms with E-state index >= 15 is 0 Å².